The number of halogens is 2. The second-order valence-corrected chi connectivity index (χ2v) is 10.4. The van der Waals surface area contributed by atoms with Crippen LogP contribution in [0, 0.1) is 0 Å². The molecule has 1 N–H and O–H groups in total. The fourth-order valence-electron chi connectivity index (χ4n) is 3.44. The Morgan fingerprint density at radius 1 is 1.12 bits per heavy atom. The second-order valence-electron chi connectivity index (χ2n) is 7.67. The summed E-state index contributed by atoms with van der Waals surface area (Å²) in [6.45, 7) is 1.85. The van der Waals surface area contributed by atoms with E-state index in [1.165, 1.54) is 23.4 Å². The Bertz CT molecular complexity index is 1130. The van der Waals surface area contributed by atoms with Crippen LogP contribution in [0.1, 0.15) is 25.3 Å². The van der Waals surface area contributed by atoms with Crippen LogP contribution in [0.2, 0.25) is 10.0 Å². The van der Waals surface area contributed by atoms with Gasteiger partial charge < -0.3 is 15.0 Å². The van der Waals surface area contributed by atoms with Gasteiger partial charge in [0.1, 0.15) is 11.8 Å². The molecule has 0 fully saturated rings. The molecule has 0 aromatic heterocycles. The minimum Gasteiger partial charge on any atom is -0.495 e. The monoisotopic (exact) mass is 529 g/mol. The van der Waals surface area contributed by atoms with Gasteiger partial charge in [-0.1, -0.05) is 41.4 Å². The van der Waals surface area contributed by atoms with Crippen LogP contribution in [0.4, 0.5) is 5.69 Å². The first kappa shape index (κ1) is 27.8. The lowest BCUT2D eigenvalue weighted by Gasteiger charge is -2.29. The number of carbonyl (C=O) groups excluding carboxylic acids is 2. The van der Waals surface area contributed by atoms with Crippen LogP contribution < -0.4 is 14.4 Å². The van der Waals surface area contributed by atoms with E-state index in [-0.39, 0.29) is 37.7 Å². The summed E-state index contributed by atoms with van der Waals surface area (Å²) >= 11 is 12.1. The molecule has 0 aliphatic rings. The number of methoxy groups -OCH3 is 1. The lowest BCUT2D eigenvalue weighted by atomic mass is 10.1. The van der Waals surface area contributed by atoms with Crippen LogP contribution in [0.5, 0.6) is 5.75 Å². The van der Waals surface area contributed by atoms with Crippen LogP contribution in [-0.4, -0.2) is 58.1 Å². The maximum atomic E-state index is 13.1. The Morgan fingerprint density at radius 2 is 1.79 bits per heavy atom. The highest BCUT2D eigenvalue weighted by Crippen LogP contribution is 2.30. The third-order valence-electron chi connectivity index (χ3n) is 5.26. The van der Waals surface area contributed by atoms with E-state index < -0.39 is 16.1 Å². The van der Waals surface area contributed by atoms with E-state index in [9.17, 15) is 18.0 Å². The summed E-state index contributed by atoms with van der Waals surface area (Å²) in [5.41, 5.74) is 1.11. The number of ether oxygens (including phenoxy) is 1. The highest BCUT2D eigenvalue weighted by molar-refractivity contribution is 7.92. The molecular weight excluding hydrogens is 501 g/mol. The van der Waals surface area contributed by atoms with E-state index in [2.05, 4.69) is 5.32 Å². The normalized spacial score (nSPS) is 12.1. The summed E-state index contributed by atoms with van der Waals surface area (Å²) in [6, 6.07) is 11.0. The average molecular weight is 530 g/mol. The summed E-state index contributed by atoms with van der Waals surface area (Å²) in [5, 5.41) is 3.29. The van der Waals surface area contributed by atoms with Crippen molar-refractivity contribution in [3.63, 3.8) is 0 Å². The standard InChI is InChI=1S/C23H29Cl2N3O5S/c1-16(23(30)26-2)27(15-17-11-12-18(24)19(25)14-17)22(29)10-7-13-28(34(4,31)32)20-8-5-6-9-21(20)33-3/h5-6,8-9,11-12,14,16H,7,10,13,15H2,1-4H3,(H,26,30)/t16-/m0/s1. The number of anilines is 1. The van der Waals surface area contributed by atoms with E-state index in [4.69, 9.17) is 27.9 Å². The Labute approximate surface area is 210 Å². The molecular formula is C23H29Cl2N3O5S. The predicted molar refractivity (Wildman–Crippen MR) is 135 cm³/mol. The molecule has 2 rings (SSSR count). The van der Waals surface area contributed by atoms with Gasteiger partial charge in [-0.05, 0) is 43.2 Å². The maximum absolute atomic E-state index is 13.1. The molecule has 0 spiro atoms. The van der Waals surface area contributed by atoms with Crippen molar-refractivity contribution in [2.45, 2.75) is 32.4 Å². The van der Waals surface area contributed by atoms with Gasteiger partial charge >= 0.3 is 0 Å². The number of amides is 2. The average Bonchev–Trinajstić information content (AvgIpc) is 2.80. The highest BCUT2D eigenvalue weighted by atomic mass is 35.5. The van der Waals surface area contributed by atoms with Crippen LogP contribution in [0.15, 0.2) is 42.5 Å². The molecule has 186 valence electrons. The van der Waals surface area contributed by atoms with Crippen LogP contribution in [0.3, 0.4) is 0 Å². The molecule has 11 heteroatoms. The molecule has 0 aliphatic carbocycles. The fourth-order valence-corrected chi connectivity index (χ4v) is 4.73. The van der Waals surface area contributed by atoms with Crippen molar-refractivity contribution < 1.29 is 22.7 Å². The van der Waals surface area contributed by atoms with Gasteiger partial charge in [-0.2, -0.15) is 0 Å². The molecule has 2 aromatic carbocycles. The van der Waals surface area contributed by atoms with Crippen molar-refractivity contribution >= 4 is 50.7 Å². The molecule has 2 amide bonds. The minimum absolute atomic E-state index is 0.0316. The molecule has 0 radical (unpaired) electrons. The van der Waals surface area contributed by atoms with Gasteiger partial charge in [-0.15, -0.1) is 0 Å². The largest absolute Gasteiger partial charge is 0.495 e. The quantitative estimate of drug-likeness (QED) is 0.478. The van der Waals surface area contributed by atoms with Gasteiger partial charge in [0.15, 0.2) is 0 Å². The van der Waals surface area contributed by atoms with Crippen molar-refractivity contribution in [2.24, 2.45) is 0 Å². The zero-order chi connectivity index (χ0) is 25.5. The number of nitrogens with zero attached hydrogens (tertiary/aromatic N) is 2. The Balaban J connectivity index is 2.19. The molecule has 0 bridgehead atoms. The Morgan fingerprint density at radius 3 is 2.38 bits per heavy atom. The number of rotatable bonds is 11. The third-order valence-corrected chi connectivity index (χ3v) is 7.18. The maximum Gasteiger partial charge on any atom is 0.242 e. The number of carbonyl (C=O) groups is 2. The second kappa shape index (κ2) is 12.3. The van der Waals surface area contributed by atoms with Gasteiger partial charge in [-0.3, -0.25) is 13.9 Å². The van der Waals surface area contributed by atoms with Crippen LogP contribution in [-0.2, 0) is 26.2 Å². The Hall–Kier alpha value is -2.49. The van der Waals surface area contributed by atoms with Crippen molar-refractivity contribution in [1.29, 1.82) is 0 Å². The van der Waals surface area contributed by atoms with E-state index in [1.54, 1.807) is 49.4 Å². The minimum atomic E-state index is -3.62. The number of benzene rings is 2. The van der Waals surface area contributed by atoms with Crippen molar-refractivity contribution in [3.05, 3.63) is 58.1 Å². The third kappa shape index (κ3) is 7.25. The first-order valence-corrected chi connectivity index (χ1v) is 13.2. The fraction of sp³-hybridized carbons (Fsp3) is 0.391. The van der Waals surface area contributed by atoms with Gasteiger partial charge in [-0.25, -0.2) is 8.42 Å². The van der Waals surface area contributed by atoms with Gasteiger partial charge in [0, 0.05) is 26.6 Å². The molecule has 8 nitrogen and oxygen atoms in total. The summed E-state index contributed by atoms with van der Waals surface area (Å²) in [4.78, 5) is 26.9. The van der Waals surface area contributed by atoms with E-state index in [0.29, 0.717) is 27.0 Å². The summed E-state index contributed by atoms with van der Waals surface area (Å²) in [6.07, 6.45) is 1.37. The first-order valence-electron chi connectivity index (χ1n) is 10.5. The zero-order valence-electron chi connectivity index (χ0n) is 19.5. The Kier molecular flexibility index (Phi) is 10.0. The van der Waals surface area contributed by atoms with Crippen molar-refractivity contribution in [2.75, 3.05) is 31.3 Å². The smallest absolute Gasteiger partial charge is 0.242 e. The van der Waals surface area contributed by atoms with E-state index in [0.717, 1.165) is 6.26 Å². The molecule has 0 saturated carbocycles. The molecule has 0 aliphatic heterocycles. The van der Waals surface area contributed by atoms with Crippen molar-refractivity contribution in [3.8, 4) is 5.75 Å². The summed E-state index contributed by atoms with van der Waals surface area (Å²) < 4.78 is 31.4. The number of nitrogens with one attached hydrogen (secondary N) is 1. The number of hydrogen-bond donors (Lipinski definition) is 1. The lowest BCUT2D eigenvalue weighted by Crippen LogP contribution is -2.46. The highest BCUT2D eigenvalue weighted by Gasteiger charge is 2.26. The van der Waals surface area contributed by atoms with E-state index >= 15 is 0 Å². The zero-order valence-corrected chi connectivity index (χ0v) is 21.9. The van der Waals surface area contributed by atoms with Crippen LogP contribution >= 0.6 is 23.2 Å². The summed E-state index contributed by atoms with van der Waals surface area (Å²) in [7, 11) is -0.663. The number of sulfonamides is 1. The molecule has 1 atom stereocenters. The number of para-hydroxylation sites is 2. The molecule has 0 saturated heterocycles. The van der Waals surface area contributed by atoms with E-state index in [1.807, 2.05) is 0 Å². The summed E-state index contributed by atoms with van der Waals surface area (Å²) in [5.74, 6) is -0.204. The van der Waals surface area contributed by atoms with Crippen LogP contribution in [0.25, 0.3) is 0 Å². The van der Waals surface area contributed by atoms with Crippen molar-refractivity contribution in [1.82, 2.24) is 10.2 Å². The number of hydrogen-bond acceptors (Lipinski definition) is 5. The predicted octanol–water partition coefficient (Wildman–Crippen LogP) is 3.71. The molecule has 34 heavy (non-hydrogen) atoms. The molecule has 2 aromatic rings. The first-order chi connectivity index (χ1) is 16.0. The van der Waals surface area contributed by atoms with Gasteiger partial charge in [0.2, 0.25) is 21.8 Å². The SMILES string of the molecule is CNC(=O)[C@H](C)N(Cc1ccc(Cl)c(Cl)c1)C(=O)CCCN(c1ccccc1OC)S(C)(=O)=O. The molecule has 0 heterocycles. The molecule has 0 unspecified atom stereocenters. The van der Waals surface area contributed by atoms with Gasteiger partial charge in [0.05, 0.1) is 29.1 Å². The number of likely N-dealkylation sites (N-methyl/N-ethyl adjacent to an activating group) is 1. The topological polar surface area (TPSA) is 96.0 Å². The van der Waals surface area contributed by atoms with Gasteiger partial charge in [0.25, 0.3) is 0 Å². The lowest BCUT2D eigenvalue weighted by molar-refractivity contribution is -0.140.